The molecule has 1 saturated carbocycles. The molecule has 1 heterocycles. The lowest BCUT2D eigenvalue weighted by Gasteiger charge is -2.22. The van der Waals surface area contributed by atoms with Crippen molar-refractivity contribution >= 4 is 17.2 Å². The van der Waals surface area contributed by atoms with Crippen molar-refractivity contribution in [3.63, 3.8) is 0 Å². The molecule has 2 nitrogen and oxygen atoms in total. The third-order valence-electron chi connectivity index (χ3n) is 4.16. The van der Waals surface area contributed by atoms with Crippen molar-refractivity contribution in [2.45, 2.75) is 63.8 Å². The van der Waals surface area contributed by atoms with Crippen LogP contribution in [0.5, 0.6) is 0 Å². The predicted octanol–water partition coefficient (Wildman–Crippen LogP) is 3.69. The molecule has 1 aromatic rings. The molecule has 2 aliphatic carbocycles. The van der Waals surface area contributed by atoms with Crippen LogP contribution in [0.15, 0.2) is 6.07 Å². The number of rotatable bonds is 2. The largest absolute Gasteiger partial charge is 0.349 e. The minimum absolute atomic E-state index is 0.168. The van der Waals surface area contributed by atoms with Crippen LogP contribution in [-0.2, 0) is 12.8 Å². The number of carbonyl (C=O) groups excluding carboxylic acids is 1. The molecule has 1 aromatic heterocycles. The first-order valence-corrected chi connectivity index (χ1v) is 8.07. The van der Waals surface area contributed by atoms with Crippen molar-refractivity contribution in [3.8, 4) is 0 Å². The quantitative estimate of drug-likeness (QED) is 0.866. The SMILES string of the molecule is O=C(NC1CCCCC1)c1cc2c(s1)CCCC2. The zero-order valence-electron chi connectivity index (χ0n) is 10.8. The van der Waals surface area contributed by atoms with Crippen LogP contribution in [0.4, 0.5) is 0 Å². The molecule has 0 saturated heterocycles. The highest BCUT2D eigenvalue weighted by Gasteiger charge is 2.20. The van der Waals surface area contributed by atoms with E-state index >= 15 is 0 Å². The fraction of sp³-hybridized carbons (Fsp3) is 0.667. The van der Waals surface area contributed by atoms with Crippen LogP contribution in [-0.4, -0.2) is 11.9 Å². The summed E-state index contributed by atoms with van der Waals surface area (Å²) in [4.78, 5) is 14.6. The molecule has 0 bridgehead atoms. The molecule has 98 valence electrons. The number of carbonyl (C=O) groups is 1. The van der Waals surface area contributed by atoms with E-state index in [1.165, 1.54) is 55.4 Å². The molecule has 3 heteroatoms. The molecule has 1 fully saturated rings. The second-order valence-corrected chi connectivity index (χ2v) is 6.71. The Hall–Kier alpha value is -0.830. The van der Waals surface area contributed by atoms with Crippen molar-refractivity contribution in [3.05, 3.63) is 21.4 Å². The topological polar surface area (TPSA) is 29.1 Å². The van der Waals surface area contributed by atoms with Crippen molar-refractivity contribution in [1.82, 2.24) is 5.32 Å². The van der Waals surface area contributed by atoms with Gasteiger partial charge in [0.1, 0.15) is 0 Å². The molecule has 0 atom stereocenters. The van der Waals surface area contributed by atoms with E-state index in [2.05, 4.69) is 11.4 Å². The summed E-state index contributed by atoms with van der Waals surface area (Å²) >= 11 is 1.72. The Bertz CT molecular complexity index is 408. The Morgan fingerprint density at radius 1 is 1.11 bits per heavy atom. The Morgan fingerprint density at radius 3 is 2.67 bits per heavy atom. The highest BCUT2D eigenvalue weighted by molar-refractivity contribution is 7.14. The maximum absolute atomic E-state index is 12.2. The number of nitrogens with one attached hydrogen (secondary N) is 1. The summed E-state index contributed by atoms with van der Waals surface area (Å²) in [7, 11) is 0. The molecule has 18 heavy (non-hydrogen) atoms. The zero-order valence-corrected chi connectivity index (χ0v) is 11.7. The van der Waals surface area contributed by atoms with Crippen molar-refractivity contribution in [2.24, 2.45) is 0 Å². The summed E-state index contributed by atoms with van der Waals surface area (Å²) in [6, 6.07) is 2.56. The molecular weight excluding hydrogens is 242 g/mol. The summed E-state index contributed by atoms with van der Waals surface area (Å²) in [5.41, 5.74) is 1.43. The van der Waals surface area contributed by atoms with Crippen molar-refractivity contribution in [2.75, 3.05) is 0 Å². The van der Waals surface area contributed by atoms with Gasteiger partial charge in [0, 0.05) is 10.9 Å². The van der Waals surface area contributed by atoms with Gasteiger partial charge in [0.2, 0.25) is 0 Å². The van der Waals surface area contributed by atoms with Gasteiger partial charge in [-0.05, 0) is 50.2 Å². The van der Waals surface area contributed by atoms with Crippen LogP contribution >= 0.6 is 11.3 Å². The van der Waals surface area contributed by atoms with Gasteiger partial charge in [-0.1, -0.05) is 19.3 Å². The van der Waals surface area contributed by atoms with E-state index in [1.54, 1.807) is 11.3 Å². The van der Waals surface area contributed by atoms with E-state index in [-0.39, 0.29) is 5.91 Å². The van der Waals surface area contributed by atoms with Crippen LogP contribution in [0.2, 0.25) is 0 Å². The highest BCUT2D eigenvalue weighted by atomic mass is 32.1. The summed E-state index contributed by atoms with van der Waals surface area (Å²) in [5.74, 6) is 0.168. The second-order valence-electron chi connectivity index (χ2n) is 5.57. The van der Waals surface area contributed by atoms with Gasteiger partial charge in [-0.2, -0.15) is 0 Å². The first-order chi connectivity index (χ1) is 8.83. The number of thiophene rings is 1. The number of aryl methyl sites for hydroxylation is 2. The first-order valence-electron chi connectivity index (χ1n) is 7.25. The van der Waals surface area contributed by atoms with E-state index in [0.29, 0.717) is 6.04 Å². The van der Waals surface area contributed by atoms with Gasteiger partial charge in [-0.15, -0.1) is 11.3 Å². The van der Waals surface area contributed by atoms with E-state index in [1.807, 2.05) is 0 Å². The zero-order chi connectivity index (χ0) is 12.4. The van der Waals surface area contributed by atoms with Gasteiger partial charge >= 0.3 is 0 Å². The number of hydrogen-bond acceptors (Lipinski definition) is 2. The minimum Gasteiger partial charge on any atom is -0.349 e. The lowest BCUT2D eigenvalue weighted by Crippen LogP contribution is -2.35. The number of fused-ring (bicyclic) bond motifs is 1. The maximum atomic E-state index is 12.2. The minimum atomic E-state index is 0.168. The molecule has 0 spiro atoms. The maximum Gasteiger partial charge on any atom is 0.261 e. The van der Waals surface area contributed by atoms with Crippen LogP contribution in [0, 0.1) is 0 Å². The molecule has 3 rings (SSSR count). The summed E-state index contributed by atoms with van der Waals surface area (Å²) in [6.45, 7) is 0. The summed E-state index contributed by atoms with van der Waals surface area (Å²) < 4.78 is 0. The normalized spacial score (nSPS) is 20.4. The molecular formula is C15H21NOS. The molecule has 0 aromatic carbocycles. The standard InChI is InChI=1S/C15H21NOS/c17-15(16-12-7-2-1-3-8-12)14-10-11-6-4-5-9-13(11)18-14/h10,12H,1-9H2,(H,16,17). The first kappa shape index (κ1) is 12.2. The van der Waals surface area contributed by atoms with Crippen LogP contribution < -0.4 is 5.32 Å². The number of hydrogen-bond donors (Lipinski definition) is 1. The fourth-order valence-electron chi connectivity index (χ4n) is 3.11. The van der Waals surface area contributed by atoms with Crippen molar-refractivity contribution in [1.29, 1.82) is 0 Å². The van der Waals surface area contributed by atoms with E-state index in [9.17, 15) is 4.79 Å². The third kappa shape index (κ3) is 2.61. The Morgan fingerprint density at radius 2 is 1.89 bits per heavy atom. The lowest BCUT2D eigenvalue weighted by molar-refractivity contribution is 0.0932. The smallest absolute Gasteiger partial charge is 0.261 e. The van der Waals surface area contributed by atoms with Gasteiger partial charge < -0.3 is 5.32 Å². The van der Waals surface area contributed by atoms with Gasteiger partial charge in [-0.3, -0.25) is 4.79 Å². The third-order valence-corrected chi connectivity index (χ3v) is 5.40. The van der Waals surface area contributed by atoms with Crippen LogP contribution in [0.25, 0.3) is 0 Å². The Labute approximate surface area is 113 Å². The molecule has 1 N–H and O–H groups in total. The Kier molecular flexibility index (Phi) is 3.69. The number of amides is 1. The van der Waals surface area contributed by atoms with Crippen LogP contribution in [0.3, 0.4) is 0 Å². The van der Waals surface area contributed by atoms with Gasteiger partial charge in [0.25, 0.3) is 5.91 Å². The van der Waals surface area contributed by atoms with E-state index in [4.69, 9.17) is 0 Å². The van der Waals surface area contributed by atoms with Gasteiger partial charge in [0.15, 0.2) is 0 Å². The van der Waals surface area contributed by atoms with E-state index < -0.39 is 0 Å². The average molecular weight is 263 g/mol. The monoisotopic (exact) mass is 263 g/mol. The summed E-state index contributed by atoms with van der Waals surface area (Å²) in [5, 5.41) is 3.22. The molecule has 2 aliphatic rings. The lowest BCUT2D eigenvalue weighted by atomic mass is 9.95. The highest BCUT2D eigenvalue weighted by Crippen LogP contribution is 2.30. The van der Waals surface area contributed by atoms with Crippen molar-refractivity contribution < 1.29 is 4.79 Å². The van der Waals surface area contributed by atoms with Crippen LogP contribution in [0.1, 0.15) is 65.1 Å². The van der Waals surface area contributed by atoms with Gasteiger partial charge in [-0.25, -0.2) is 0 Å². The predicted molar refractivity (Wildman–Crippen MR) is 75.3 cm³/mol. The fourth-order valence-corrected chi connectivity index (χ4v) is 4.26. The second kappa shape index (κ2) is 5.43. The molecule has 0 radical (unpaired) electrons. The molecule has 0 unspecified atom stereocenters. The van der Waals surface area contributed by atoms with Gasteiger partial charge in [0.05, 0.1) is 4.88 Å². The van der Waals surface area contributed by atoms with E-state index in [0.717, 1.165) is 17.7 Å². The average Bonchev–Trinajstić information content (AvgIpc) is 2.84. The molecule has 1 amide bonds. The summed E-state index contributed by atoms with van der Waals surface area (Å²) in [6.07, 6.45) is 11.1. The molecule has 0 aliphatic heterocycles. The Balaban J connectivity index is 1.66.